The zero-order valence-corrected chi connectivity index (χ0v) is 12.0. The van der Waals surface area contributed by atoms with Crippen LogP contribution in [0.4, 0.5) is 0 Å². The summed E-state index contributed by atoms with van der Waals surface area (Å²) < 4.78 is 5.38. The largest absolute Gasteiger partial charge is 0.482 e. The van der Waals surface area contributed by atoms with Gasteiger partial charge in [0.1, 0.15) is 5.75 Å². The summed E-state index contributed by atoms with van der Waals surface area (Å²) in [6, 6.07) is 11.0. The highest BCUT2D eigenvalue weighted by molar-refractivity contribution is 7.10. The first-order valence-electron chi connectivity index (χ1n) is 5.87. The molecule has 0 bridgehead atoms. The fourth-order valence-electron chi connectivity index (χ4n) is 1.60. The molecule has 0 fully saturated rings. The Morgan fingerprint density at radius 2 is 2.16 bits per heavy atom. The van der Waals surface area contributed by atoms with Crippen molar-refractivity contribution in [2.75, 3.05) is 6.61 Å². The lowest BCUT2D eigenvalue weighted by Gasteiger charge is -2.13. The van der Waals surface area contributed by atoms with Crippen molar-refractivity contribution in [1.82, 2.24) is 5.32 Å². The van der Waals surface area contributed by atoms with E-state index in [0.29, 0.717) is 10.8 Å². The third-order valence-electron chi connectivity index (χ3n) is 2.54. The first-order valence-corrected chi connectivity index (χ1v) is 7.12. The quantitative estimate of drug-likeness (QED) is 0.914. The maximum atomic E-state index is 11.8. The minimum absolute atomic E-state index is 0.0117. The molecular weight excluding hydrogens is 282 g/mol. The van der Waals surface area contributed by atoms with Gasteiger partial charge in [0.2, 0.25) is 0 Å². The van der Waals surface area contributed by atoms with Crippen molar-refractivity contribution in [2.24, 2.45) is 0 Å². The zero-order chi connectivity index (χ0) is 13.7. The predicted octanol–water partition coefficient (Wildman–Crippen LogP) is 3.66. The van der Waals surface area contributed by atoms with Crippen LogP contribution in [0.3, 0.4) is 0 Å². The molecular formula is C14H14ClNO2S. The van der Waals surface area contributed by atoms with Gasteiger partial charge in [-0.05, 0) is 30.5 Å². The Morgan fingerprint density at radius 3 is 2.84 bits per heavy atom. The van der Waals surface area contributed by atoms with E-state index in [-0.39, 0.29) is 18.6 Å². The third-order valence-corrected chi connectivity index (χ3v) is 3.91. The molecule has 2 aromatic rings. The Kier molecular flexibility index (Phi) is 4.82. The highest BCUT2D eigenvalue weighted by Crippen LogP contribution is 2.23. The van der Waals surface area contributed by atoms with Gasteiger partial charge in [-0.25, -0.2) is 0 Å². The normalized spacial score (nSPS) is 11.9. The van der Waals surface area contributed by atoms with Crippen LogP contribution in [0, 0.1) is 0 Å². The fraction of sp³-hybridized carbons (Fsp3) is 0.214. The molecule has 0 aliphatic carbocycles. The summed E-state index contributed by atoms with van der Waals surface area (Å²) in [6.07, 6.45) is 0. The van der Waals surface area contributed by atoms with E-state index >= 15 is 0 Å². The SMILES string of the molecule is C[C@@H](NC(=O)COc1ccccc1Cl)c1cccs1. The molecule has 0 aliphatic heterocycles. The molecule has 1 N–H and O–H groups in total. The topological polar surface area (TPSA) is 38.3 Å². The average Bonchev–Trinajstić information content (AvgIpc) is 2.91. The highest BCUT2D eigenvalue weighted by atomic mass is 35.5. The number of halogens is 1. The molecule has 1 atom stereocenters. The smallest absolute Gasteiger partial charge is 0.258 e. The van der Waals surface area contributed by atoms with Crippen LogP contribution in [0.1, 0.15) is 17.8 Å². The van der Waals surface area contributed by atoms with Gasteiger partial charge < -0.3 is 10.1 Å². The van der Waals surface area contributed by atoms with Gasteiger partial charge in [-0.2, -0.15) is 0 Å². The number of benzene rings is 1. The first kappa shape index (κ1) is 13.9. The number of carbonyl (C=O) groups excluding carboxylic acids is 1. The molecule has 2 rings (SSSR count). The number of carbonyl (C=O) groups is 1. The summed E-state index contributed by atoms with van der Waals surface area (Å²) in [4.78, 5) is 12.9. The van der Waals surface area contributed by atoms with Crippen LogP contribution in [-0.2, 0) is 4.79 Å². The molecule has 0 spiro atoms. The minimum atomic E-state index is -0.166. The van der Waals surface area contributed by atoms with Gasteiger partial charge in [0.25, 0.3) is 5.91 Å². The molecule has 3 nitrogen and oxygen atoms in total. The van der Waals surface area contributed by atoms with Gasteiger partial charge in [0, 0.05) is 4.88 Å². The van der Waals surface area contributed by atoms with E-state index in [1.54, 1.807) is 23.5 Å². The van der Waals surface area contributed by atoms with Crippen LogP contribution in [0.15, 0.2) is 41.8 Å². The molecule has 19 heavy (non-hydrogen) atoms. The monoisotopic (exact) mass is 295 g/mol. The lowest BCUT2D eigenvalue weighted by atomic mass is 10.3. The van der Waals surface area contributed by atoms with E-state index in [9.17, 15) is 4.79 Å². The van der Waals surface area contributed by atoms with Crippen molar-refractivity contribution in [3.05, 3.63) is 51.7 Å². The van der Waals surface area contributed by atoms with E-state index in [1.165, 1.54) is 0 Å². The lowest BCUT2D eigenvalue weighted by Crippen LogP contribution is -2.30. The van der Waals surface area contributed by atoms with Crippen LogP contribution in [-0.4, -0.2) is 12.5 Å². The Morgan fingerprint density at radius 1 is 1.37 bits per heavy atom. The number of hydrogen-bond acceptors (Lipinski definition) is 3. The van der Waals surface area contributed by atoms with Crippen molar-refractivity contribution in [1.29, 1.82) is 0 Å². The molecule has 100 valence electrons. The number of amides is 1. The predicted molar refractivity (Wildman–Crippen MR) is 77.8 cm³/mol. The van der Waals surface area contributed by atoms with E-state index in [2.05, 4.69) is 5.32 Å². The fourth-order valence-corrected chi connectivity index (χ4v) is 2.52. The Balaban J connectivity index is 1.84. The summed E-state index contributed by atoms with van der Waals surface area (Å²) in [5, 5.41) is 5.36. The summed E-state index contributed by atoms with van der Waals surface area (Å²) in [6.45, 7) is 1.90. The summed E-state index contributed by atoms with van der Waals surface area (Å²) >= 11 is 7.55. The Bertz CT molecular complexity index is 542. The number of ether oxygens (including phenoxy) is 1. The average molecular weight is 296 g/mol. The molecule has 0 aliphatic rings. The van der Waals surface area contributed by atoms with Gasteiger partial charge in [-0.1, -0.05) is 29.8 Å². The van der Waals surface area contributed by atoms with Gasteiger partial charge in [0.15, 0.2) is 6.61 Å². The second-order valence-electron chi connectivity index (χ2n) is 4.02. The zero-order valence-electron chi connectivity index (χ0n) is 10.4. The molecule has 0 radical (unpaired) electrons. The van der Waals surface area contributed by atoms with Gasteiger partial charge in [0.05, 0.1) is 11.1 Å². The maximum absolute atomic E-state index is 11.8. The molecule has 0 saturated carbocycles. The Labute approximate surface area is 121 Å². The Hall–Kier alpha value is -1.52. The molecule has 1 heterocycles. The summed E-state index contributed by atoms with van der Waals surface area (Å²) in [5.41, 5.74) is 0. The van der Waals surface area contributed by atoms with Crippen molar-refractivity contribution in [3.8, 4) is 5.75 Å². The van der Waals surface area contributed by atoms with Crippen LogP contribution in [0.25, 0.3) is 0 Å². The van der Waals surface area contributed by atoms with E-state index in [0.717, 1.165) is 4.88 Å². The second-order valence-corrected chi connectivity index (χ2v) is 5.41. The highest BCUT2D eigenvalue weighted by Gasteiger charge is 2.11. The van der Waals surface area contributed by atoms with Crippen LogP contribution in [0.5, 0.6) is 5.75 Å². The van der Waals surface area contributed by atoms with Crippen molar-refractivity contribution < 1.29 is 9.53 Å². The van der Waals surface area contributed by atoms with Gasteiger partial charge in [-0.15, -0.1) is 11.3 Å². The van der Waals surface area contributed by atoms with Crippen molar-refractivity contribution >= 4 is 28.8 Å². The number of nitrogens with one attached hydrogen (secondary N) is 1. The first-order chi connectivity index (χ1) is 9.16. The van der Waals surface area contributed by atoms with E-state index in [4.69, 9.17) is 16.3 Å². The molecule has 0 unspecified atom stereocenters. The van der Waals surface area contributed by atoms with Crippen LogP contribution < -0.4 is 10.1 Å². The summed E-state index contributed by atoms with van der Waals surface area (Å²) in [5.74, 6) is 0.351. The summed E-state index contributed by atoms with van der Waals surface area (Å²) in [7, 11) is 0. The lowest BCUT2D eigenvalue weighted by molar-refractivity contribution is -0.123. The number of para-hydroxylation sites is 1. The van der Waals surface area contributed by atoms with E-state index < -0.39 is 0 Å². The molecule has 1 aromatic heterocycles. The van der Waals surface area contributed by atoms with Crippen LogP contribution in [0.2, 0.25) is 5.02 Å². The molecule has 5 heteroatoms. The van der Waals surface area contributed by atoms with Crippen molar-refractivity contribution in [2.45, 2.75) is 13.0 Å². The van der Waals surface area contributed by atoms with Gasteiger partial charge in [-0.3, -0.25) is 4.79 Å². The second kappa shape index (κ2) is 6.59. The third kappa shape index (κ3) is 3.98. The number of rotatable bonds is 5. The van der Waals surface area contributed by atoms with Gasteiger partial charge >= 0.3 is 0 Å². The van der Waals surface area contributed by atoms with Crippen molar-refractivity contribution in [3.63, 3.8) is 0 Å². The molecule has 1 amide bonds. The molecule has 0 saturated heterocycles. The van der Waals surface area contributed by atoms with E-state index in [1.807, 2.05) is 36.6 Å². The number of thiophene rings is 1. The molecule has 1 aromatic carbocycles. The minimum Gasteiger partial charge on any atom is -0.482 e. The maximum Gasteiger partial charge on any atom is 0.258 e. The number of hydrogen-bond donors (Lipinski definition) is 1. The van der Waals surface area contributed by atoms with Crippen LogP contribution >= 0.6 is 22.9 Å². The standard InChI is InChI=1S/C14H14ClNO2S/c1-10(13-7-4-8-19-13)16-14(17)9-18-12-6-3-2-5-11(12)15/h2-8,10H,9H2,1H3,(H,16,17)/t10-/m1/s1.